The number of carbonyl (C=O) groups is 2. The lowest BCUT2D eigenvalue weighted by molar-refractivity contribution is -0.122. The zero-order chi connectivity index (χ0) is 41.7. The molecule has 0 radical (unpaired) electrons. The second-order valence-corrected chi connectivity index (χ2v) is 18.0. The Bertz CT molecular complexity index is 2510. The summed E-state index contributed by atoms with van der Waals surface area (Å²) in [5.41, 5.74) is 20.2. The summed E-state index contributed by atoms with van der Waals surface area (Å²) in [5.74, 6) is -0.954. The van der Waals surface area contributed by atoms with Crippen molar-refractivity contribution in [3.8, 4) is 20.9 Å². The largest absolute Gasteiger partial charge is 0.370 e. The molecule has 2 aromatic carbocycles. The van der Waals surface area contributed by atoms with Gasteiger partial charge in [-0.15, -0.1) is 22.7 Å². The predicted octanol–water partition coefficient (Wildman–Crippen LogP) is 8.84. The lowest BCUT2D eigenvalue weighted by atomic mass is 9.95. The normalized spacial score (nSPS) is 18.1. The van der Waals surface area contributed by atoms with Gasteiger partial charge in [-0.2, -0.15) is 0 Å². The number of aromatic nitrogens is 2. The molecule has 0 saturated heterocycles. The summed E-state index contributed by atoms with van der Waals surface area (Å²) in [7, 11) is 3.45. The number of amides is 2. The monoisotopic (exact) mass is 856 g/mol. The topological polar surface area (TPSA) is 149 Å². The van der Waals surface area contributed by atoms with Crippen molar-refractivity contribution in [1.82, 2.24) is 9.13 Å². The molecule has 4 N–H and O–H groups in total. The van der Waals surface area contributed by atoms with Gasteiger partial charge in [0.05, 0.1) is 25.0 Å². The van der Waals surface area contributed by atoms with Gasteiger partial charge < -0.3 is 30.1 Å². The Hall–Kier alpha value is -4.82. The fourth-order valence-corrected chi connectivity index (χ4v) is 10.3. The Kier molecular flexibility index (Phi) is 11.7. The summed E-state index contributed by atoms with van der Waals surface area (Å²) in [4.78, 5) is 52.9. The van der Waals surface area contributed by atoms with Crippen molar-refractivity contribution >= 4 is 57.7 Å². The first-order valence-electron chi connectivity index (χ1n) is 18.5. The highest BCUT2D eigenvalue weighted by molar-refractivity contribution is 7.16. The number of ether oxygens (including phenoxy) is 2. The summed E-state index contributed by atoms with van der Waals surface area (Å²) in [6.07, 6.45) is 1.62. The van der Waals surface area contributed by atoms with Crippen LogP contribution in [0.2, 0.25) is 10.0 Å². The molecule has 4 aromatic heterocycles. The zero-order valence-corrected chi connectivity index (χ0v) is 35.9. The number of halogens is 2. The van der Waals surface area contributed by atoms with Gasteiger partial charge in [0.25, 0.3) is 11.1 Å². The number of pyridine rings is 2. The summed E-state index contributed by atoms with van der Waals surface area (Å²) in [5, 5.41) is 1.28. The molecule has 0 spiro atoms. The first kappa shape index (κ1) is 41.3. The van der Waals surface area contributed by atoms with E-state index in [2.05, 4.69) is 27.7 Å². The molecule has 2 unspecified atom stereocenters. The molecule has 14 heteroatoms. The van der Waals surface area contributed by atoms with Gasteiger partial charge in [0, 0.05) is 90.4 Å². The lowest BCUT2D eigenvalue weighted by Gasteiger charge is -2.24. The van der Waals surface area contributed by atoms with Crippen molar-refractivity contribution in [2.45, 2.75) is 65.0 Å². The fraction of sp³-hybridized carbons (Fsp3) is 0.273. The predicted molar refractivity (Wildman–Crippen MR) is 231 cm³/mol. The minimum Gasteiger partial charge on any atom is -0.370 e. The molecule has 0 saturated carbocycles. The number of benzene rings is 2. The first-order valence-corrected chi connectivity index (χ1v) is 20.9. The third-order valence-electron chi connectivity index (χ3n) is 10.8. The van der Waals surface area contributed by atoms with Gasteiger partial charge in [0.1, 0.15) is 12.2 Å². The lowest BCUT2D eigenvalue weighted by Crippen LogP contribution is -2.22. The van der Waals surface area contributed by atoms with E-state index in [4.69, 9.17) is 44.1 Å². The Morgan fingerprint density at radius 3 is 1.31 bits per heavy atom. The van der Waals surface area contributed by atoms with Gasteiger partial charge >= 0.3 is 0 Å². The maximum Gasteiger partial charge on any atom is 0.250 e. The van der Waals surface area contributed by atoms with Crippen molar-refractivity contribution < 1.29 is 19.1 Å². The first-order chi connectivity index (χ1) is 27.5. The Balaban J connectivity index is 0.000000177. The Labute approximate surface area is 353 Å². The van der Waals surface area contributed by atoms with Gasteiger partial charge in [-0.25, -0.2) is 0 Å². The minimum absolute atomic E-state index is 0.00275. The van der Waals surface area contributed by atoms with Gasteiger partial charge in [-0.3, -0.25) is 19.2 Å². The Morgan fingerprint density at radius 1 is 0.638 bits per heavy atom. The van der Waals surface area contributed by atoms with Crippen LogP contribution in [0.3, 0.4) is 0 Å². The van der Waals surface area contributed by atoms with Crippen LogP contribution in [0.5, 0.6) is 0 Å². The minimum atomic E-state index is -0.614. The van der Waals surface area contributed by atoms with Crippen LogP contribution in [0.15, 0.2) is 82.6 Å². The average molecular weight is 858 g/mol. The highest BCUT2D eigenvalue weighted by atomic mass is 35.5. The number of fused-ring (bicyclic) bond motifs is 6. The molecule has 2 aliphatic heterocycles. The number of nitrogens with two attached hydrogens (primary N) is 2. The maximum absolute atomic E-state index is 12.4. The molecule has 0 bridgehead atoms. The van der Waals surface area contributed by atoms with Gasteiger partial charge in [0.15, 0.2) is 0 Å². The fourth-order valence-electron chi connectivity index (χ4n) is 7.58. The molecule has 6 heterocycles. The quantitative estimate of drug-likeness (QED) is 0.171. The van der Waals surface area contributed by atoms with Crippen LogP contribution in [0, 0.1) is 27.7 Å². The number of nitrogens with zero attached hydrogens (tertiary/aromatic N) is 2. The number of hydrogen-bond acceptors (Lipinski definition) is 8. The summed E-state index contributed by atoms with van der Waals surface area (Å²) in [6.45, 7) is 8.31. The van der Waals surface area contributed by atoms with E-state index in [1.54, 1.807) is 58.0 Å². The second kappa shape index (κ2) is 16.4. The molecule has 0 aliphatic carbocycles. The van der Waals surface area contributed by atoms with Crippen molar-refractivity contribution in [2.24, 2.45) is 25.6 Å². The van der Waals surface area contributed by atoms with E-state index < -0.39 is 36.2 Å². The zero-order valence-electron chi connectivity index (χ0n) is 32.7. The number of hydrogen-bond donors (Lipinski definition) is 2. The molecule has 2 aliphatic rings. The molecule has 10 nitrogen and oxygen atoms in total. The van der Waals surface area contributed by atoms with Crippen LogP contribution in [-0.2, 0) is 33.2 Å². The number of thiophene rings is 2. The molecule has 2 amide bonds. The molecule has 58 heavy (non-hydrogen) atoms. The highest BCUT2D eigenvalue weighted by Gasteiger charge is 2.36. The van der Waals surface area contributed by atoms with Crippen LogP contribution in [0.25, 0.3) is 20.9 Å². The van der Waals surface area contributed by atoms with E-state index in [1.165, 1.54) is 9.75 Å². The van der Waals surface area contributed by atoms with Crippen molar-refractivity contribution in [3.63, 3.8) is 0 Å². The van der Waals surface area contributed by atoms with E-state index in [1.807, 2.05) is 60.9 Å². The van der Waals surface area contributed by atoms with E-state index >= 15 is 0 Å². The van der Waals surface area contributed by atoms with E-state index in [-0.39, 0.29) is 24.0 Å². The van der Waals surface area contributed by atoms with Crippen LogP contribution in [-0.4, -0.2) is 20.9 Å². The molecule has 8 rings (SSSR count). The summed E-state index contributed by atoms with van der Waals surface area (Å²) in [6, 6.07) is 18.1. The van der Waals surface area contributed by atoms with Crippen LogP contribution >= 0.6 is 45.9 Å². The van der Waals surface area contributed by atoms with E-state index in [0.717, 1.165) is 54.3 Å². The highest BCUT2D eigenvalue weighted by Crippen LogP contribution is 2.51. The molecular formula is C44H42Cl2N4O6S2. The molecular weight excluding hydrogens is 816 g/mol. The number of carbonyl (C=O) groups excluding carboxylic acids is 2. The standard InChI is InChI=1S/2C22H21ClN2O3S/c2*1-11-12(2)29-22-16-10-25(3)19(27)8-15(16)17(9-18(24)26)28-21(20(11)22)13-4-6-14(23)7-5-13/h2*4-8,10,17,21H,9H2,1-3H3,(H2,24,26)/t2*17-,21?/m10/s1. The smallest absolute Gasteiger partial charge is 0.250 e. The van der Waals surface area contributed by atoms with Crippen LogP contribution < -0.4 is 22.6 Å². The Morgan fingerprint density at radius 2 is 0.983 bits per heavy atom. The molecule has 6 aromatic rings. The van der Waals surface area contributed by atoms with Crippen molar-refractivity contribution in [1.29, 1.82) is 0 Å². The third-order valence-corrected chi connectivity index (χ3v) is 13.8. The number of aryl methyl sites for hydroxylation is 4. The van der Waals surface area contributed by atoms with Gasteiger partial charge in [-0.1, -0.05) is 47.5 Å². The van der Waals surface area contributed by atoms with Crippen LogP contribution in [0.4, 0.5) is 0 Å². The van der Waals surface area contributed by atoms with Crippen molar-refractivity contribution in [3.05, 3.63) is 158 Å². The average Bonchev–Trinajstić information content (AvgIpc) is 3.54. The second-order valence-electron chi connectivity index (χ2n) is 14.7. The number of rotatable bonds is 6. The maximum atomic E-state index is 12.4. The SMILES string of the molecule is Cc1sc2c(c1C)C(c1ccc(Cl)cc1)O[C@@H](CC(N)=O)c1cc(=O)n(C)cc1-2.Cc1sc2c(c1C)C(c1ccc(Cl)cc1)O[C@H](CC(N)=O)c1cc(=O)n(C)cc1-2. The molecule has 4 atom stereocenters. The van der Waals surface area contributed by atoms with Crippen molar-refractivity contribution in [2.75, 3.05) is 0 Å². The molecule has 300 valence electrons. The number of primary amides is 2. The van der Waals surface area contributed by atoms with E-state index in [0.29, 0.717) is 21.2 Å². The van der Waals surface area contributed by atoms with Gasteiger partial charge in [0.2, 0.25) is 11.8 Å². The third kappa shape index (κ3) is 7.97. The molecule has 0 fully saturated rings. The van der Waals surface area contributed by atoms with E-state index in [9.17, 15) is 19.2 Å². The van der Waals surface area contributed by atoms with Crippen LogP contribution in [0.1, 0.15) is 91.5 Å². The summed E-state index contributed by atoms with van der Waals surface area (Å²) >= 11 is 15.5. The van der Waals surface area contributed by atoms with Gasteiger partial charge in [-0.05, 0) is 85.3 Å². The summed E-state index contributed by atoms with van der Waals surface area (Å²) < 4.78 is 16.1.